The van der Waals surface area contributed by atoms with Gasteiger partial charge in [0.25, 0.3) is 0 Å². The maximum atomic E-state index is 12.3. The minimum atomic E-state index is -4.46. The van der Waals surface area contributed by atoms with Crippen molar-refractivity contribution in [3.63, 3.8) is 0 Å². The van der Waals surface area contributed by atoms with Gasteiger partial charge in [-0.05, 0) is 24.3 Å². The van der Waals surface area contributed by atoms with Gasteiger partial charge in [-0.3, -0.25) is 4.79 Å². The van der Waals surface area contributed by atoms with Crippen LogP contribution in [-0.2, 0) is 14.8 Å². The van der Waals surface area contributed by atoms with Crippen molar-refractivity contribution in [3.8, 4) is 0 Å². The number of sulfonamides is 1. The van der Waals surface area contributed by atoms with Gasteiger partial charge in [0, 0.05) is 18.8 Å². The normalized spacial score (nSPS) is 12.2. The predicted molar refractivity (Wildman–Crippen MR) is 84.1 cm³/mol. The number of hydrogen-bond acceptors (Lipinski definition) is 4. The van der Waals surface area contributed by atoms with Gasteiger partial charge in [-0.15, -0.1) is 0 Å². The first-order valence-corrected chi connectivity index (χ1v) is 8.71. The van der Waals surface area contributed by atoms with Crippen molar-refractivity contribution in [3.05, 3.63) is 24.3 Å². The Hall–Kier alpha value is -1.81. The van der Waals surface area contributed by atoms with Crippen LogP contribution in [0, 0.1) is 0 Å². The van der Waals surface area contributed by atoms with E-state index in [4.69, 9.17) is 0 Å². The Morgan fingerprint density at radius 1 is 1.12 bits per heavy atom. The van der Waals surface area contributed by atoms with Gasteiger partial charge >= 0.3 is 6.18 Å². The number of carbonyl (C=O) groups excluding carboxylic acids is 1. The molecule has 1 aromatic carbocycles. The molecule has 0 aliphatic heterocycles. The molecule has 0 unspecified atom stereocenters. The van der Waals surface area contributed by atoms with E-state index in [2.05, 4.69) is 5.32 Å². The Bertz CT molecular complexity index is 641. The highest BCUT2D eigenvalue weighted by atomic mass is 32.2. The lowest BCUT2D eigenvalue weighted by molar-refractivity contribution is -0.137. The number of carbonyl (C=O) groups is 1. The number of amides is 1. The highest BCUT2D eigenvalue weighted by Crippen LogP contribution is 2.18. The highest BCUT2D eigenvalue weighted by molar-refractivity contribution is 7.89. The fourth-order valence-corrected chi connectivity index (χ4v) is 3.36. The van der Waals surface area contributed by atoms with E-state index in [-0.39, 0.29) is 11.4 Å². The molecule has 1 rings (SSSR count). The van der Waals surface area contributed by atoms with Crippen LogP contribution in [0.25, 0.3) is 0 Å². The van der Waals surface area contributed by atoms with Crippen LogP contribution in [0.4, 0.5) is 18.9 Å². The zero-order valence-corrected chi connectivity index (χ0v) is 14.2. The van der Waals surface area contributed by atoms with Gasteiger partial charge in [0.1, 0.15) is 6.54 Å². The first-order valence-electron chi connectivity index (χ1n) is 7.27. The summed E-state index contributed by atoms with van der Waals surface area (Å²) in [5, 5.41) is 4.36. The topological polar surface area (TPSA) is 78.5 Å². The average molecular weight is 367 g/mol. The van der Waals surface area contributed by atoms with Crippen molar-refractivity contribution in [1.29, 1.82) is 0 Å². The molecule has 1 amide bonds. The van der Waals surface area contributed by atoms with Crippen LogP contribution in [0.15, 0.2) is 29.2 Å². The van der Waals surface area contributed by atoms with E-state index >= 15 is 0 Å². The third-order valence-electron chi connectivity index (χ3n) is 3.14. The Morgan fingerprint density at radius 2 is 1.67 bits per heavy atom. The number of anilines is 1. The maximum Gasteiger partial charge on any atom is 0.405 e. The van der Waals surface area contributed by atoms with Crippen LogP contribution in [0.5, 0.6) is 0 Å². The second kappa shape index (κ2) is 8.34. The molecule has 0 aliphatic carbocycles. The first kappa shape index (κ1) is 20.2. The number of alkyl halides is 3. The molecular weight excluding hydrogens is 347 g/mol. The number of nitrogens with one attached hydrogen (secondary N) is 2. The molecule has 0 saturated carbocycles. The van der Waals surface area contributed by atoms with Gasteiger partial charge < -0.3 is 10.6 Å². The van der Waals surface area contributed by atoms with Crippen molar-refractivity contribution >= 4 is 21.6 Å². The molecule has 0 heterocycles. The molecular formula is C14H20F3N3O3S. The smallest absolute Gasteiger partial charge is 0.376 e. The van der Waals surface area contributed by atoms with E-state index in [0.29, 0.717) is 18.8 Å². The summed E-state index contributed by atoms with van der Waals surface area (Å²) in [6.07, 6.45) is -4.46. The molecule has 0 aliphatic rings. The van der Waals surface area contributed by atoms with E-state index in [1.54, 1.807) is 19.2 Å². The summed E-state index contributed by atoms with van der Waals surface area (Å²) < 4.78 is 61.8. The summed E-state index contributed by atoms with van der Waals surface area (Å²) in [5.41, 5.74) is 0.427. The Morgan fingerprint density at radius 3 is 2.12 bits per heavy atom. The van der Waals surface area contributed by atoms with E-state index < -0.39 is 28.7 Å². The minimum Gasteiger partial charge on any atom is -0.376 e. The van der Waals surface area contributed by atoms with Crippen LogP contribution in [0.1, 0.15) is 13.8 Å². The number of rotatable bonds is 8. The molecule has 2 N–H and O–H groups in total. The molecule has 0 saturated heterocycles. The van der Waals surface area contributed by atoms with Crippen LogP contribution in [0.3, 0.4) is 0 Å². The van der Waals surface area contributed by atoms with Crippen LogP contribution in [0.2, 0.25) is 0 Å². The summed E-state index contributed by atoms with van der Waals surface area (Å²) in [5.74, 6) is -0.813. The molecule has 0 bridgehead atoms. The summed E-state index contributed by atoms with van der Waals surface area (Å²) in [4.78, 5) is 11.4. The average Bonchev–Trinajstić information content (AvgIpc) is 2.51. The molecule has 1 aromatic rings. The standard InChI is InChI=1S/C14H20F3N3O3S/c1-3-20(4-2)24(22,23)12-7-5-11(6-8-12)18-9-13(21)19-10-14(15,16)17/h5-8,18H,3-4,9-10H2,1-2H3,(H,19,21). The summed E-state index contributed by atoms with van der Waals surface area (Å²) >= 11 is 0. The molecule has 0 spiro atoms. The third-order valence-corrected chi connectivity index (χ3v) is 5.20. The van der Waals surface area contributed by atoms with Gasteiger partial charge in [0.05, 0.1) is 11.4 Å². The number of hydrogen-bond donors (Lipinski definition) is 2. The fraction of sp³-hybridized carbons (Fsp3) is 0.500. The monoisotopic (exact) mass is 367 g/mol. The van der Waals surface area contributed by atoms with Gasteiger partial charge in [0.15, 0.2) is 0 Å². The first-order chi connectivity index (χ1) is 11.1. The number of benzene rings is 1. The quantitative estimate of drug-likeness (QED) is 0.735. The fourth-order valence-electron chi connectivity index (χ4n) is 1.90. The maximum absolute atomic E-state index is 12.3. The minimum absolute atomic E-state index is 0.110. The van der Waals surface area contributed by atoms with Gasteiger partial charge in [-0.1, -0.05) is 13.8 Å². The number of nitrogens with zero attached hydrogens (tertiary/aromatic N) is 1. The number of halogens is 3. The largest absolute Gasteiger partial charge is 0.405 e. The van der Waals surface area contributed by atoms with Crippen molar-refractivity contribution in [2.75, 3.05) is 31.5 Å². The lowest BCUT2D eigenvalue weighted by Crippen LogP contribution is -2.37. The molecule has 0 radical (unpaired) electrons. The second-order valence-corrected chi connectivity index (χ2v) is 6.80. The van der Waals surface area contributed by atoms with Gasteiger partial charge in [0.2, 0.25) is 15.9 Å². The lowest BCUT2D eigenvalue weighted by Gasteiger charge is -2.18. The molecule has 6 nitrogen and oxygen atoms in total. The van der Waals surface area contributed by atoms with E-state index in [9.17, 15) is 26.4 Å². The van der Waals surface area contributed by atoms with Crippen LogP contribution >= 0.6 is 0 Å². The van der Waals surface area contributed by atoms with E-state index in [1.807, 2.05) is 0 Å². The predicted octanol–water partition coefficient (Wildman–Crippen LogP) is 1.81. The van der Waals surface area contributed by atoms with Crippen molar-refractivity contribution in [2.24, 2.45) is 0 Å². The third kappa shape index (κ3) is 6.00. The molecule has 24 heavy (non-hydrogen) atoms. The zero-order chi connectivity index (χ0) is 18.4. The lowest BCUT2D eigenvalue weighted by atomic mass is 10.3. The van der Waals surface area contributed by atoms with Gasteiger partial charge in [-0.2, -0.15) is 17.5 Å². The highest BCUT2D eigenvalue weighted by Gasteiger charge is 2.27. The van der Waals surface area contributed by atoms with Gasteiger partial charge in [-0.25, -0.2) is 8.42 Å². The molecule has 0 fully saturated rings. The Kier molecular flexibility index (Phi) is 7.03. The van der Waals surface area contributed by atoms with Crippen molar-refractivity contribution < 1.29 is 26.4 Å². The van der Waals surface area contributed by atoms with E-state index in [1.165, 1.54) is 28.6 Å². The zero-order valence-electron chi connectivity index (χ0n) is 13.4. The van der Waals surface area contributed by atoms with Crippen molar-refractivity contribution in [1.82, 2.24) is 9.62 Å². The molecule has 10 heteroatoms. The molecule has 136 valence electrons. The van der Waals surface area contributed by atoms with Crippen LogP contribution in [-0.4, -0.2) is 51.0 Å². The SMILES string of the molecule is CCN(CC)S(=O)(=O)c1ccc(NCC(=O)NCC(F)(F)F)cc1. The summed E-state index contributed by atoms with van der Waals surface area (Å²) in [6.45, 7) is 2.41. The Balaban J connectivity index is 2.64. The molecule has 0 aromatic heterocycles. The Labute approximate surface area is 139 Å². The van der Waals surface area contributed by atoms with Crippen molar-refractivity contribution in [2.45, 2.75) is 24.9 Å². The van der Waals surface area contributed by atoms with Crippen LogP contribution < -0.4 is 10.6 Å². The summed E-state index contributed by atoms with van der Waals surface area (Å²) in [7, 11) is -3.57. The van der Waals surface area contributed by atoms with E-state index in [0.717, 1.165) is 0 Å². The molecule has 0 atom stereocenters. The second-order valence-electron chi connectivity index (χ2n) is 4.86. The summed E-state index contributed by atoms with van der Waals surface area (Å²) in [6, 6.07) is 5.66.